The maximum atomic E-state index is 12.5. The molecule has 2 aromatic rings. The van der Waals surface area contributed by atoms with Crippen molar-refractivity contribution in [3.8, 4) is 6.07 Å². The number of anilines is 1. The van der Waals surface area contributed by atoms with Crippen LogP contribution in [0.15, 0.2) is 45.8 Å². The van der Waals surface area contributed by atoms with Crippen LogP contribution < -0.4 is 4.72 Å². The minimum Gasteiger partial charge on any atom is -0.278 e. The molecule has 9 heteroatoms. The molecule has 0 aliphatic heterocycles. The zero-order valence-corrected chi connectivity index (χ0v) is 16.4. The second-order valence-electron chi connectivity index (χ2n) is 4.92. The summed E-state index contributed by atoms with van der Waals surface area (Å²) in [4.78, 5) is -0.0611. The maximum Gasteiger partial charge on any atom is 0.262 e. The predicted molar refractivity (Wildman–Crippen MR) is 98.9 cm³/mol. The van der Waals surface area contributed by atoms with Crippen molar-refractivity contribution in [1.29, 1.82) is 5.26 Å². The SMILES string of the molecule is CS(=O)Cc1ccc(Cl)c(NS(=O)(=O)c2cc(Br)cc(C#N)c2)c1. The highest BCUT2D eigenvalue weighted by atomic mass is 79.9. The Hall–Kier alpha value is -1.40. The third-order valence-electron chi connectivity index (χ3n) is 2.96. The normalized spacial score (nSPS) is 12.4. The molecular formula is C15H12BrClN2O3S2. The fourth-order valence-electron chi connectivity index (χ4n) is 1.96. The molecule has 0 spiro atoms. The van der Waals surface area contributed by atoms with E-state index in [2.05, 4.69) is 20.7 Å². The first-order valence-corrected chi connectivity index (χ1v) is 10.9. The Bertz CT molecular complexity index is 956. The van der Waals surface area contributed by atoms with Gasteiger partial charge in [-0.3, -0.25) is 8.93 Å². The van der Waals surface area contributed by atoms with Gasteiger partial charge < -0.3 is 0 Å². The summed E-state index contributed by atoms with van der Waals surface area (Å²) in [6.07, 6.45) is 1.56. The van der Waals surface area contributed by atoms with Crippen molar-refractivity contribution in [2.75, 3.05) is 11.0 Å². The van der Waals surface area contributed by atoms with E-state index >= 15 is 0 Å². The second-order valence-corrected chi connectivity index (χ2v) is 9.36. The van der Waals surface area contributed by atoms with Gasteiger partial charge in [-0.15, -0.1) is 0 Å². The van der Waals surface area contributed by atoms with Crippen LogP contribution in [0, 0.1) is 11.3 Å². The van der Waals surface area contributed by atoms with E-state index < -0.39 is 20.8 Å². The molecule has 2 rings (SSSR count). The minimum atomic E-state index is -3.93. The van der Waals surface area contributed by atoms with Crippen LogP contribution in [-0.2, 0) is 26.6 Å². The lowest BCUT2D eigenvalue weighted by molar-refractivity contribution is 0.601. The molecule has 0 radical (unpaired) electrons. The molecule has 0 saturated carbocycles. The van der Waals surface area contributed by atoms with E-state index in [4.69, 9.17) is 16.9 Å². The number of benzene rings is 2. The standard InChI is InChI=1S/C15H12BrClN2O3S2/c1-23(20)9-10-2-3-14(17)15(6-10)19-24(21,22)13-5-11(8-18)4-12(16)7-13/h2-7,19H,9H2,1H3. The summed E-state index contributed by atoms with van der Waals surface area (Å²) in [6.45, 7) is 0. The van der Waals surface area contributed by atoms with Gasteiger partial charge in [0.2, 0.25) is 0 Å². The zero-order valence-electron chi connectivity index (χ0n) is 12.4. The van der Waals surface area contributed by atoms with E-state index in [1.165, 1.54) is 18.2 Å². The molecular weight excluding hydrogens is 436 g/mol. The van der Waals surface area contributed by atoms with Crippen LogP contribution in [0.5, 0.6) is 0 Å². The topological polar surface area (TPSA) is 87.0 Å². The zero-order chi connectivity index (χ0) is 17.9. The van der Waals surface area contributed by atoms with Gasteiger partial charge in [0.05, 0.1) is 27.2 Å². The molecule has 0 saturated heterocycles. The summed E-state index contributed by atoms with van der Waals surface area (Å²) >= 11 is 9.23. The molecule has 0 amide bonds. The Balaban J connectivity index is 2.41. The van der Waals surface area contributed by atoms with Gasteiger partial charge in [-0.1, -0.05) is 33.6 Å². The summed E-state index contributed by atoms with van der Waals surface area (Å²) in [6, 6.07) is 10.9. The third kappa shape index (κ3) is 4.80. The molecule has 1 N–H and O–H groups in total. The molecule has 0 aliphatic carbocycles. The third-order valence-corrected chi connectivity index (χ3v) is 5.83. The van der Waals surface area contributed by atoms with Crippen molar-refractivity contribution in [3.63, 3.8) is 0 Å². The van der Waals surface area contributed by atoms with Gasteiger partial charge in [0.15, 0.2) is 0 Å². The number of hydrogen-bond acceptors (Lipinski definition) is 4. The minimum absolute atomic E-state index is 0.0611. The van der Waals surface area contributed by atoms with Gasteiger partial charge in [-0.25, -0.2) is 8.42 Å². The number of hydrogen-bond donors (Lipinski definition) is 1. The fourth-order valence-corrected chi connectivity index (χ4v) is 4.62. The number of nitrogens with zero attached hydrogens (tertiary/aromatic N) is 1. The van der Waals surface area contributed by atoms with Crippen molar-refractivity contribution < 1.29 is 12.6 Å². The lowest BCUT2D eigenvalue weighted by Gasteiger charge is -2.12. The summed E-state index contributed by atoms with van der Waals surface area (Å²) in [5.74, 6) is 0.293. The van der Waals surface area contributed by atoms with Gasteiger partial charge >= 0.3 is 0 Å². The first kappa shape index (κ1) is 18.9. The van der Waals surface area contributed by atoms with Gasteiger partial charge in [0.1, 0.15) is 0 Å². The Morgan fingerprint density at radius 3 is 2.62 bits per heavy atom. The molecule has 2 aromatic carbocycles. The van der Waals surface area contributed by atoms with E-state index in [0.29, 0.717) is 15.8 Å². The number of halogens is 2. The van der Waals surface area contributed by atoms with Gasteiger partial charge in [0.25, 0.3) is 10.0 Å². The maximum absolute atomic E-state index is 12.5. The molecule has 0 heterocycles. The van der Waals surface area contributed by atoms with Crippen LogP contribution >= 0.6 is 27.5 Å². The molecule has 0 fully saturated rings. The fraction of sp³-hybridized carbons (Fsp3) is 0.133. The number of nitrogens with one attached hydrogen (secondary N) is 1. The number of nitriles is 1. The molecule has 5 nitrogen and oxygen atoms in total. The van der Waals surface area contributed by atoms with Crippen LogP contribution in [0.2, 0.25) is 5.02 Å². The van der Waals surface area contributed by atoms with Crippen LogP contribution in [-0.4, -0.2) is 18.9 Å². The lowest BCUT2D eigenvalue weighted by atomic mass is 10.2. The summed E-state index contributed by atoms with van der Waals surface area (Å²) in [7, 11) is -4.99. The summed E-state index contributed by atoms with van der Waals surface area (Å²) in [5.41, 5.74) is 1.11. The molecule has 126 valence electrons. The Morgan fingerprint density at radius 2 is 2.00 bits per heavy atom. The van der Waals surface area contributed by atoms with E-state index in [1.54, 1.807) is 24.5 Å². The van der Waals surface area contributed by atoms with Crippen LogP contribution in [0.3, 0.4) is 0 Å². The van der Waals surface area contributed by atoms with Gasteiger partial charge in [0, 0.05) is 27.3 Å². The molecule has 0 aromatic heterocycles. The van der Waals surface area contributed by atoms with Crippen molar-refractivity contribution in [2.45, 2.75) is 10.6 Å². The van der Waals surface area contributed by atoms with Gasteiger partial charge in [-0.05, 0) is 35.9 Å². The Morgan fingerprint density at radius 1 is 1.29 bits per heavy atom. The van der Waals surface area contributed by atoms with Crippen LogP contribution in [0.4, 0.5) is 5.69 Å². The molecule has 1 atom stereocenters. The Labute approximate surface area is 156 Å². The number of sulfonamides is 1. The van der Waals surface area contributed by atoms with Crippen molar-refractivity contribution >= 4 is 54.0 Å². The van der Waals surface area contributed by atoms with E-state index in [9.17, 15) is 12.6 Å². The van der Waals surface area contributed by atoms with E-state index in [1.807, 2.05) is 6.07 Å². The monoisotopic (exact) mass is 446 g/mol. The highest BCUT2D eigenvalue weighted by Gasteiger charge is 2.18. The van der Waals surface area contributed by atoms with Crippen LogP contribution in [0.1, 0.15) is 11.1 Å². The molecule has 0 bridgehead atoms. The Kier molecular flexibility index (Phi) is 6.04. The van der Waals surface area contributed by atoms with Gasteiger partial charge in [-0.2, -0.15) is 5.26 Å². The molecule has 0 aliphatic rings. The van der Waals surface area contributed by atoms with Crippen molar-refractivity contribution in [2.24, 2.45) is 0 Å². The first-order valence-electron chi connectivity index (χ1n) is 6.53. The highest BCUT2D eigenvalue weighted by Crippen LogP contribution is 2.27. The molecule has 24 heavy (non-hydrogen) atoms. The highest BCUT2D eigenvalue weighted by molar-refractivity contribution is 9.10. The van der Waals surface area contributed by atoms with E-state index in [-0.39, 0.29) is 21.2 Å². The summed E-state index contributed by atoms with van der Waals surface area (Å²) in [5, 5.41) is 9.19. The van der Waals surface area contributed by atoms with Crippen molar-refractivity contribution in [3.05, 3.63) is 57.0 Å². The van der Waals surface area contributed by atoms with Crippen LogP contribution in [0.25, 0.3) is 0 Å². The van der Waals surface area contributed by atoms with Crippen molar-refractivity contribution in [1.82, 2.24) is 0 Å². The average molecular weight is 448 g/mol. The average Bonchev–Trinajstić information content (AvgIpc) is 2.49. The predicted octanol–water partition coefficient (Wildman–Crippen LogP) is 3.65. The lowest BCUT2D eigenvalue weighted by Crippen LogP contribution is -2.14. The van der Waals surface area contributed by atoms with E-state index in [0.717, 1.165) is 0 Å². The second kappa shape index (κ2) is 7.66. The number of rotatable bonds is 5. The molecule has 1 unspecified atom stereocenters. The first-order chi connectivity index (χ1) is 11.2. The largest absolute Gasteiger partial charge is 0.278 e. The smallest absolute Gasteiger partial charge is 0.262 e. The quantitative estimate of drug-likeness (QED) is 0.758. The summed E-state index contributed by atoms with van der Waals surface area (Å²) < 4.78 is 39.3.